The number of hydrogen-bond acceptors (Lipinski definition) is 9. The molecule has 1 spiro atoms. The first kappa shape index (κ1) is 32.4. The van der Waals surface area contributed by atoms with Crippen molar-refractivity contribution >= 4 is 23.7 Å². The van der Waals surface area contributed by atoms with Gasteiger partial charge < -0.3 is 34.0 Å². The molecule has 0 radical (unpaired) electrons. The summed E-state index contributed by atoms with van der Waals surface area (Å²) >= 11 is 0. The van der Waals surface area contributed by atoms with Crippen molar-refractivity contribution in [1.82, 2.24) is 19.6 Å². The monoisotopic (exact) mass is 636 g/mol. The van der Waals surface area contributed by atoms with Crippen molar-refractivity contribution in [3.63, 3.8) is 0 Å². The Morgan fingerprint density at radius 1 is 0.978 bits per heavy atom. The number of amides is 3. The van der Waals surface area contributed by atoms with Crippen molar-refractivity contribution < 1.29 is 38.5 Å². The quantitative estimate of drug-likeness (QED) is 0.356. The molecule has 5 heterocycles. The second kappa shape index (κ2) is 13.6. The van der Waals surface area contributed by atoms with Crippen LogP contribution in [0.4, 0.5) is 0 Å². The number of fused-ring (bicyclic) bond motifs is 2. The maximum Gasteiger partial charge on any atom is 0.313 e. The maximum atomic E-state index is 14.6. The molecular formula is C34H44N4O8. The predicted octanol–water partition coefficient (Wildman–Crippen LogP) is 0.772. The third kappa shape index (κ3) is 5.87. The zero-order valence-electron chi connectivity index (χ0n) is 26.5. The molecule has 5 aliphatic rings. The number of likely N-dealkylation sites (N-methyl/N-ethyl adjacent to an activating group) is 1. The number of aliphatic hydroxyl groups excluding tert-OH is 1. The highest BCUT2D eigenvalue weighted by Crippen LogP contribution is 2.55. The highest BCUT2D eigenvalue weighted by Gasteiger charge is 2.73. The summed E-state index contributed by atoms with van der Waals surface area (Å²) in [6.07, 6.45) is 6.48. The Balaban J connectivity index is 1.37. The molecule has 1 aromatic rings. The summed E-state index contributed by atoms with van der Waals surface area (Å²) in [5.41, 5.74) is -0.647. The predicted molar refractivity (Wildman–Crippen MR) is 166 cm³/mol. The first-order chi connectivity index (χ1) is 22.3. The Bertz CT molecular complexity index is 1360. The van der Waals surface area contributed by atoms with E-state index >= 15 is 0 Å². The average Bonchev–Trinajstić information content (AvgIpc) is 3.71. The van der Waals surface area contributed by atoms with Crippen molar-refractivity contribution in [3.8, 4) is 0 Å². The van der Waals surface area contributed by atoms with Crippen LogP contribution in [0.1, 0.15) is 31.4 Å². The van der Waals surface area contributed by atoms with Gasteiger partial charge in [-0.3, -0.25) is 24.1 Å². The lowest BCUT2D eigenvalue weighted by Gasteiger charge is -2.36. The molecule has 0 aromatic heterocycles. The molecule has 3 fully saturated rings. The minimum Gasteiger partial charge on any atom is -0.455 e. The molecule has 0 unspecified atom stereocenters. The van der Waals surface area contributed by atoms with E-state index < -0.39 is 53.6 Å². The Morgan fingerprint density at radius 2 is 1.74 bits per heavy atom. The number of rotatable bonds is 6. The fourth-order valence-electron chi connectivity index (χ4n) is 7.54. The number of hydrogen-bond donors (Lipinski definition) is 1. The van der Waals surface area contributed by atoms with Gasteiger partial charge >= 0.3 is 5.97 Å². The van der Waals surface area contributed by atoms with E-state index in [0.717, 1.165) is 18.7 Å². The number of nitrogens with zero attached hydrogens (tertiary/aromatic N) is 4. The highest BCUT2D eigenvalue weighted by molar-refractivity contribution is 5.99. The molecule has 7 atom stereocenters. The van der Waals surface area contributed by atoms with Crippen LogP contribution in [0.3, 0.4) is 0 Å². The third-order valence-electron chi connectivity index (χ3n) is 10.2. The molecule has 3 saturated heterocycles. The number of carbonyl (C=O) groups is 4. The molecule has 6 rings (SSSR count). The van der Waals surface area contributed by atoms with Gasteiger partial charge in [-0.05, 0) is 18.9 Å². The summed E-state index contributed by atoms with van der Waals surface area (Å²) in [4.78, 5) is 63.1. The van der Waals surface area contributed by atoms with Crippen molar-refractivity contribution in [2.75, 3.05) is 66.1 Å². The van der Waals surface area contributed by atoms with Crippen LogP contribution in [-0.2, 0) is 33.4 Å². The van der Waals surface area contributed by atoms with E-state index in [9.17, 15) is 24.3 Å². The van der Waals surface area contributed by atoms with Crippen LogP contribution in [0.15, 0.2) is 54.6 Å². The summed E-state index contributed by atoms with van der Waals surface area (Å²) in [7, 11) is 1.71. The van der Waals surface area contributed by atoms with Gasteiger partial charge in [-0.15, -0.1) is 0 Å². The Morgan fingerprint density at radius 3 is 2.48 bits per heavy atom. The van der Waals surface area contributed by atoms with E-state index in [1.807, 2.05) is 49.4 Å². The molecule has 3 amide bonds. The normalized spacial score (nSPS) is 34.7. The number of likely N-dealkylation sites (tertiary alicyclic amines) is 1. The lowest BCUT2D eigenvalue weighted by Crippen LogP contribution is -2.57. The number of benzene rings is 1. The average molecular weight is 637 g/mol. The van der Waals surface area contributed by atoms with Crippen molar-refractivity contribution in [1.29, 1.82) is 0 Å². The molecule has 5 bridgehead atoms. The zero-order valence-corrected chi connectivity index (χ0v) is 26.5. The Labute approximate surface area is 269 Å². The number of allylic oxidation sites excluding steroid dienone is 1. The van der Waals surface area contributed by atoms with Crippen LogP contribution in [-0.4, -0.2) is 138 Å². The number of esters is 1. The van der Waals surface area contributed by atoms with Gasteiger partial charge in [0.15, 0.2) is 0 Å². The van der Waals surface area contributed by atoms with Gasteiger partial charge in [-0.25, -0.2) is 0 Å². The first-order valence-electron chi connectivity index (χ1n) is 16.3. The summed E-state index contributed by atoms with van der Waals surface area (Å²) in [5, 5.41) is 9.99. The fourth-order valence-corrected chi connectivity index (χ4v) is 7.54. The highest BCUT2D eigenvalue weighted by atomic mass is 16.6. The second-order valence-corrected chi connectivity index (χ2v) is 12.7. The summed E-state index contributed by atoms with van der Waals surface area (Å²) < 4.78 is 18.2. The molecule has 0 saturated carbocycles. The second-order valence-electron chi connectivity index (χ2n) is 12.7. The fraction of sp³-hybridized carbons (Fsp3) is 0.588. The molecule has 46 heavy (non-hydrogen) atoms. The largest absolute Gasteiger partial charge is 0.455 e. The lowest BCUT2D eigenvalue weighted by molar-refractivity contribution is -0.164. The van der Waals surface area contributed by atoms with Gasteiger partial charge in [0.25, 0.3) is 0 Å². The van der Waals surface area contributed by atoms with E-state index in [4.69, 9.17) is 14.2 Å². The van der Waals surface area contributed by atoms with Crippen molar-refractivity contribution in [2.24, 2.45) is 11.8 Å². The summed E-state index contributed by atoms with van der Waals surface area (Å²) in [6, 6.07) is 7.69. The van der Waals surface area contributed by atoms with Crippen LogP contribution >= 0.6 is 0 Å². The van der Waals surface area contributed by atoms with Gasteiger partial charge in [0.05, 0.1) is 37.9 Å². The van der Waals surface area contributed by atoms with Crippen molar-refractivity contribution in [3.05, 3.63) is 60.2 Å². The van der Waals surface area contributed by atoms with E-state index in [-0.39, 0.29) is 37.9 Å². The number of carbonyl (C=O) groups excluding carboxylic acids is 4. The molecule has 12 heteroatoms. The van der Waals surface area contributed by atoms with E-state index in [2.05, 4.69) is 4.90 Å². The Kier molecular flexibility index (Phi) is 9.60. The van der Waals surface area contributed by atoms with Gasteiger partial charge in [0, 0.05) is 52.7 Å². The molecule has 0 aliphatic carbocycles. The lowest BCUT2D eigenvalue weighted by atomic mass is 9.74. The van der Waals surface area contributed by atoms with Crippen LogP contribution in [0.5, 0.6) is 0 Å². The van der Waals surface area contributed by atoms with Crippen LogP contribution < -0.4 is 0 Å². The number of cyclic esters (lactones) is 1. The van der Waals surface area contributed by atoms with Crippen LogP contribution in [0, 0.1) is 11.8 Å². The molecule has 5 aliphatic heterocycles. The topological polar surface area (TPSA) is 129 Å². The number of aliphatic hydroxyl groups is 1. The van der Waals surface area contributed by atoms with E-state index in [1.165, 1.54) is 4.90 Å². The van der Waals surface area contributed by atoms with Gasteiger partial charge in [-0.2, -0.15) is 0 Å². The van der Waals surface area contributed by atoms with Crippen LogP contribution in [0.2, 0.25) is 0 Å². The molecule has 1 N–H and O–H groups in total. The number of morpholine rings is 1. The zero-order chi connectivity index (χ0) is 32.4. The minimum atomic E-state index is -1.37. The SMILES string of the molecule is C[C@H]1[C@H](c2ccccc2)OC(=O)[C@@H]2[C@H]3C(=O)N(CCO)[C@H](C(=O)N(CCN4CCOCC4)C/C=C\CCC(=O)N1C)[C@]31C=C[C@H]2O1. The molecule has 12 nitrogen and oxygen atoms in total. The first-order valence-corrected chi connectivity index (χ1v) is 16.3. The molecule has 248 valence electrons. The van der Waals surface area contributed by atoms with Gasteiger partial charge in [0.1, 0.15) is 23.7 Å². The Hall–Kier alpha value is -3.58. The summed E-state index contributed by atoms with van der Waals surface area (Å²) in [5.74, 6) is -3.43. The molecular weight excluding hydrogens is 592 g/mol. The number of β-amino-alcohol motifs (C(OH)–C–C–N with tert-alkyl or cyclic N) is 1. The van der Waals surface area contributed by atoms with Gasteiger partial charge in [-0.1, -0.05) is 54.6 Å². The minimum absolute atomic E-state index is 0.0686. The van der Waals surface area contributed by atoms with E-state index in [0.29, 0.717) is 32.7 Å². The summed E-state index contributed by atoms with van der Waals surface area (Å²) in [6.45, 7) is 5.51. The van der Waals surface area contributed by atoms with E-state index in [1.54, 1.807) is 29.0 Å². The standard InChI is InChI=1S/C34H44N4O8/c1-23-29(24-9-5-3-6-10-24)45-33(43)27-25-12-13-34(46-25)28(27)31(41)38(17-20-39)30(34)32(42)37(16-15-36-18-21-44-22-19-36)14-8-4-7-11-26(40)35(23)2/h3-6,8-10,12-13,23,25,27-30,39H,7,11,14-22H2,1-2H3/b8-4-/t23-,25+,27-,28-,29+,30+,34-/m0/s1. The molecule has 1 aromatic carbocycles. The third-order valence-corrected chi connectivity index (χ3v) is 10.2. The smallest absolute Gasteiger partial charge is 0.313 e. The van der Waals surface area contributed by atoms with Crippen molar-refractivity contribution in [2.45, 2.75) is 49.7 Å². The maximum absolute atomic E-state index is 14.6. The van der Waals surface area contributed by atoms with Gasteiger partial charge in [0.2, 0.25) is 17.7 Å². The number of ether oxygens (including phenoxy) is 3. The van der Waals surface area contributed by atoms with Crippen LogP contribution in [0.25, 0.3) is 0 Å².